The number of hydrogen-bond donors (Lipinski definition) is 12. The van der Waals surface area contributed by atoms with Crippen LogP contribution in [0.1, 0.15) is 0 Å². The average molecular weight is 725 g/mol. The molecule has 0 aromatic heterocycles. The molecule has 31 heteroatoms. The van der Waals surface area contributed by atoms with E-state index in [9.17, 15) is 27.4 Å². The number of phosphoric ester groups is 6. The summed E-state index contributed by atoms with van der Waals surface area (Å²) in [6.45, 7) is 0. The van der Waals surface area contributed by atoms with Crippen molar-refractivity contribution in [3.05, 3.63) is 0 Å². The fourth-order valence-electron chi connectivity index (χ4n) is 2.79. The zero-order valence-corrected chi connectivity index (χ0v) is 25.5. The zero-order chi connectivity index (χ0) is 28.7. The number of phosphoric acid groups is 6. The van der Waals surface area contributed by atoms with Crippen molar-refractivity contribution >= 4 is 46.9 Å². The van der Waals surface area contributed by atoms with E-state index in [-0.39, 0.29) is 19.5 Å². The zero-order valence-electron chi connectivity index (χ0n) is 17.1. The Balaban J connectivity index is 0.0000130. The van der Waals surface area contributed by atoms with Crippen LogP contribution in [0.3, 0.4) is 0 Å². The van der Waals surface area contributed by atoms with Crippen molar-refractivity contribution in [2.45, 2.75) is 36.6 Å². The molecular formula is C6H18O24P6Zn. The first-order valence-corrected chi connectivity index (χ1v) is 17.2. The van der Waals surface area contributed by atoms with Gasteiger partial charge in [-0.2, -0.15) is 0 Å². The fourth-order valence-corrected chi connectivity index (χ4v) is 6.14. The summed E-state index contributed by atoms with van der Waals surface area (Å²) in [5, 5.41) is 0. The molecule has 1 aliphatic rings. The van der Waals surface area contributed by atoms with Crippen molar-refractivity contribution in [2.24, 2.45) is 0 Å². The third kappa shape index (κ3) is 15.2. The molecule has 0 spiro atoms. The predicted molar refractivity (Wildman–Crippen MR) is 102 cm³/mol. The van der Waals surface area contributed by atoms with E-state index < -0.39 is 83.6 Å². The van der Waals surface area contributed by atoms with Gasteiger partial charge in [-0.3, -0.25) is 27.1 Å². The molecule has 1 rings (SSSR count). The van der Waals surface area contributed by atoms with E-state index in [2.05, 4.69) is 27.1 Å². The van der Waals surface area contributed by atoms with Gasteiger partial charge < -0.3 is 58.7 Å². The molecule has 1 saturated carbocycles. The summed E-state index contributed by atoms with van der Waals surface area (Å²) in [6.07, 6.45) is -18.9. The van der Waals surface area contributed by atoms with Crippen LogP contribution in [0, 0.1) is 0 Å². The van der Waals surface area contributed by atoms with Gasteiger partial charge in [-0.15, -0.1) is 0 Å². The molecule has 0 radical (unpaired) electrons. The van der Waals surface area contributed by atoms with E-state index in [1.165, 1.54) is 0 Å². The summed E-state index contributed by atoms with van der Waals surface area (Å²) in [4.78, 5) is 110. The smallest absolute Gasteiger partial charge is 0.303 e. The van der Waals surface area contributed by atoms with E-state index >= 15 is 0 Å². The molecule has 1 aliphatic carbocycles. The standard InChI is InChI=1S/C6H18O24P6.Zn/c7-31(8,9)25-1-2(26-32(10,11)12)4(28-34(16,17)18)6(30-36(22,23)24)5(29-35(19,20)21)3(1)27-33(13,14)15;/h1-6H,(H2,7,8,9)(H2,10,11,12)(H2,13,14,15)(H2,16,17,18)(H2,19,20,21)(H2,22,23,24);. The molecule has 0 amide bonds. The molecule has 24 nitrogen and oxygen atoms in total. The second-order valence-corrected chi connectivity index (χ2v) is 13.5. The van der Waals surface area contributed by atoms with Gasteiger partial charge in [0.15, 0.2) is 0 Å². The Bertz CT molecular complexity index is 824. The van der Waals surface area contributed by atoms with Crippen molar-refractivity contribution < 1.29 is 133 Å². The molecule has 12 N–H and O–H groups in total. The van der Waals surface area contributed by atoms with E-state index in [0.717, 1.165) is 0 Å². The molecule has 1 fully saturated rings. The Hall–Kier alpha value is 1.28. The Kier molecular flexibility index (Phi) is 13.5. The first-order chi connectivity index (χ1) is 15.6. The topological polar surface area (TPSA) is 401 Å². The molecule has 0 bridgehead atoms. The van der Waals surface area contributed by atoms with Gasteiger partial charge in [0.25, 0.3) is 0 Å². The number of hydrogen-bond acceptors (Lipinski definition) is 12. The second-order valence-electron chi connectivity index (χ2n) is 6.36. The molecule has 218 valence electrons. The van der Waals surface area contributed by atoms with Gasteiger partial charge in [-0.25, -0.2) is 27.4 Å². The summed E-state index contributed by atoms with van der Waals surface area (Å²) in [7, 11) is -36.1. The third-order valence-corrected chi connectivity index (χ3v) is 6.61. The Labute approximate surface area is 216 Å². The quantitative estimate of drug-likeness (QED) is 0.0698. The first-order valence-electron chi connectivity index (χ1n) is 8.01. The minimum absolute atomic E-state index is 0. The third-order valence-electron chi connectivity index (χ3n) is 3.50. The van der Waals surface area contributed by atoms with E-state index in [0.29, 0.717) is 0 Å². The van der Waals surface area contributed by atoms with Crippen LogP contribution < -0.4 is 0 Å². The van der Waals surface area contributed by atoms with Crippen molar-refractivity contribution in [3.63, 3.8) is 0 Å². The molecule has 0 unspecified atom stereocenters. The SMILES string of the molecule is O=P(O)(O)OC1C(OP(=O)(O)O)C(OP(=O)(O)O)C(OP(=O)(O)O)C(OP(=O)(O)O)C1OP(=O)(O)O.[Zn]. The second kappa shape index (κ2) is 13.1. The maximum absolute atomic E-state index is 11.4. The van der Waals surface area contributed by atoms with E-state index in [1.54, 1.807) is 0 Å². The van der Waals surface area contributed by atoms with Gasteiger partial charge in [-0.1, -0.05) is 0 Å². The van der Waals surface area contributed by atoms with Crippen LogP contribution >= 0.6 is 46.9 Å². The van der Waals surface area contributed by atoms with Crippen LogP contribution in [0.15, 0.2) is 0 Å². The van der Waals surface area contributed by atoms with Crippen LogP contribution in [0.25, 0.3) is 0 Å². The van der Waals surface area contributed by atoms with Crippen molar-refractivity contribution in [2.75, 3.05) is 0 Å². The summed E-state index contributed by atoms with van der Waals surface area (Å²) in [6, 6.07) is 0. The van der Waals surface area contributed by atoms with Gasteiger partial charge in [0, 0.05) is 19.5 Å². The van der Waals surface area contributed by atoms with Gasteiger partial charge in [0.1, 0.15) is 36.6 Å². The van der Waals surface area contributed by atoms with Crippen molar-refractivity contribution in [3.8, 4) is 0 Å². The minimum atomic E-state index is -6.02. The molecule has 0 aromatic carbocycles. The van der Waals surface area contributed by atoms with Crippen LogP contribution in [0.2, 0.25) is 0 Å². The largest absolute Gasteiger partial charge is 0.470 e. The van der Waals surface area contributed by atoms with Gasteiger partial charge in [0.05, 0.1) is 0 Å². The van der Waals surface area contributed by atoms with Gasteiger partial charge in [-0.05, 0) is 0 Å². The molecule has 0 atom stereocenters. The normalized spacial score (nSPS) is 28.5. The van der Waals surface area contributed by atoms with Crippen molar-refractivity contribution in [1.82, 2.24) is 0 Å². The van der Waals surface area contributed by atoms with E-state index in [1.807, 2.05) is 0 Å². The molecule has 0 aliphatic heterocycles. The Morgan fingerprint density at radius 3 is 0.432 bits per heavy atom. The van der Waals surface area contributed by atoms with E-state index in [4.69, 9.17) is 58.7 Å². The average Bonchev–Trinajstić information content (AvgIpc) is 2.51. The fraction of sp³-hybridized carbons (Fsp3) is 1.00. The van der Waals surface area contributed by atoms with Crippen LogP contribution in [0.5, 0.6) is 0 Å². The molecule has 0 heterocycles. The van der Waals surface area contributed by atoms with Gasteiger partial charge >= 0.3 is 46.9 Å². The summed E-state index contributed by atoms with van der Waals surface area (Å²) in [5.74, 6) is 0. The predicted octanol–water partition coefficient (Wildman–Crippen LogP) is -3.14. The van der Waals surface area contributed by atoms with Crippen LogP contribution in [0.4, 0.5) is 0 Å². The van der Waals surface area contributed by atoms with Crippen LogP contribution in [-0.2, 0) is 74.0 Å². The van der Waals surface area contributed by atoms with Crippen LogP contribution in [-0.4, -0.2) is 95.3 Å². The minimum Gasteiger partial charge on any atom is -0.303 e. The molecule has 0 aromatic rings. The molecule has 0 saturated heterocycles. The monoisotopic (exact) mass is 724 g/mol. The number of rotatable bonds is 12. The molecule has 37 heavy (non-hydrogen) atoms. The Morgan fingerprint density at radius 1 is 0.297 bits per heavy atom. The van der Waals surface area contributed by atoms with Crippen molar-refractivity contribution in [1.29, 1.82) is 0 Å². The summed E-state index contributed by atoms with van der Waals surface area (Å²) < 4.78 is 93.1. The first kappa shape index (κ1) is 38.3. The summed E-state index contributed by atoms with van der Waals surface area (Å²) >= 11 is 0. The molecular weight excluding hydrogens is 707 g/mol. The maximum Gasteiger partial charge on any atom is 0.470 e. The Morgan fingerprint density at radius 2 is 0.378 bits per heavy atom. The maximum atomic E-state index is 11.4. The van der Waals surface area contributed by atoms with Gasteiger partial charge in [0.2, 0.25) is 0 Å². The summed E-state index contributed by atoms with van der Waals surface area (Å²) in [5.41, 5.74) is 0.